The molecule has 0 aliphatic rings. The van der Waals surface area contributed by atoms with E-state index in [1.54, 1.807) is 31.2 Å². The molecule has 1 heterocycles. The van der Waals surface area contributed by atoms with Gasteiger partial charge in [0.15, 0.2) is 0 Å². The molecule has 0 fully saturated rings. The quantitative estimate of drug-likeness (QED) is 0.932. The number of benzene rings is 1. The topological polar surface area (TPSA) is 73.3 Å². The highest BCUT2D eigenvalue weighted by Gasteiger charge is 2.06. The number of hydrogen-bond donors (Lipinski definition) is 1. The molecular formula is C15H17N3O3. The Bertz CT molecular complexity index is 624. The van der Waals surface area contributed by atoms with Crippen LogP contribution >= 0.6 is 0 Å². The summed E-state index contributed by atoms with van der Waals surface area (Å²) in [5.41, 5.74) is 2.24. The summed E-state index contributed by atoms with van der Waals surface area (Å²) in [6.07, 6.45) is -0.503. The van der Waals surface area contributed by atoms with Crippen LogP contribution in [-0.2, 0) is 4.74 Å². The Hall–Kier alpha value is -2.63. The fourth-order valence-corrected chi connectivity index (χ4v) is 1.77. The van der Waals surface area contributed by atoms with Gasteiger partial charge in [-0.15, -0.1) is 0 Å². The molecule has 2 aromatic rings. The highest BCUT2D eigenvalue weighted by Crippen LogP contribution is 2.22. The Kier molecular flexibility index (Phi) is 4.71. The number of aromatic nitrogens is 2. The van der Waals surface area contributed by atoms with Crippen LogP contribution in [0.15, 0.2) is 30.3 Å². The summed E-state index contributed by atoms with van der Waals surface area (Å²) in [6.45, 7) is 5.81. The van der Waals surface area contributed by atoms with Gasteiger partial charge in [-0.3, -0.25) is 5.32 Å². The highest BCUT2D eigenvalue weighted by atomic mass is 16.5. The maximum Gasteiger partial charge on any atom is 0.411 e. The van der Waals surface area contributed by atoms with Gasteiger partial charge in [0.2, 0.25) is 0 Å². The number of nitrogens with one attached hydrogen (secondary N) is 1. The van der Waals surface area contributed by atoms with Crippen LogP contribution in [0.5, 0.6) is 11.8 Å². The average molecular weight is 287 g/mol. The van der Waals surface area contributed by atoms with Gasteiger partial charge >= 0.3 is 12.1 Å². The van der Waals surface area contributed by atoms with E-state index < -0.39 is 6.09 Å². The maximum atomic E-state index is 11.4. The molecule has 0 spiro atoms. The Morgan fingerprint density at radius 1 is 1.19 bits per heavy atom. The van der Waals surface area contributed by atoms with Crippen molar-refractivity contribution in [1.82, 2.24) is 9.97 Å². The van der Waals surface area contributed by atoms with Crippen LogP contribution in [0, 0.1) is 13.8 Å². The van der Waals surface area contributed by atoms with Crippen molar-refractivity contribution >= 4 is 11.8 Å². The lowest BCUT2D eigenvalue weighted by Gasteiger charge is -2.08. The molecule has 110 valence electrons. The van der Waals surface area contributed by atoms with Gasteiger partial charge in [0.25, 0.3) is 0 Å². The number of nitrogens with zero attached hydrogens (tertiary/aromatic N) is 2. The van der Waals surface area contributed by atoms with Crippen molar-refractivity contribution in [3.8, 4) is 11.8 Å². The minimum absolute atomic E-state index is 0.279. The molecule has 0 saturated carbocycles. The zero-order valence-corrected chi connectivity index (χ0v) is 12.2. The molecule has 1 aromatic heterocycles. The SMILES string of the molecule is CCOC(=O)Nc1cccc(Oc2nc(C)cc(C)n2)c1. The van der Waals surface area contributed by atoms with Crippen molar-refractivity contribution in [3.05, 3.63) is 41.7 Å². The lowest BCUT2D eigenvalue weighted by Crippen LogP contribution is -2.13. The monoisotopic (exact) mass is 287 g/mol. The van der Waals surface area contributed by atoms with Crippen LogP contribution in [-0.4, -0.2) is 22.7 Å². The molecule has 21 heavy (non-hydrogen) atoms. The van der Waals surface area contributed by atoms with Gasteiger partial charge in [-0.05, 0) is 39.0 Å². The highest BCUT2D eigenvalue weighted by molar-refractivity contribution is 5.84. The van der Waals surface area contributed by atoms with E-state index >= 15 is 0 Å². The minimum atomic E-state index is -0.503. The molecule has 0 unspecified atom stereocenters. The van der Waals surface area contributed by atoms with Crippen LogP contribution in [0.4, 0.5) is 10.5 Å². The number of anilines is 1. The van der Waals surface area contributed by atoms with E-state index in [-0.39, 0.29) is 6.01 Å². The van der Waals surface area contributed by atoms with E-state index in [0.29, 0.717) is 18.0 Å². The summed E-state index contributed by atoms with van der Waals surface area (Å²) in [7, 11) is 0. The first-order chi connectivity index (χ1) is 10.1. The van der Waals surface area contributed by atoms with Crippen LogP contribution in [0.1, 0.15) is 18.3 Å². The third kappa shape index (κ3) is 4.45. The largest absolute Gasteiger partial charge is 0.450 e. The minimum Gasteiger partial charge on any atom is -0.450 e. The molecule has 6 nitrogen and oxygen atoms in total. The zero-order chi connectivity index (χ0) is 15.2. The Morgan fingerprint density at radius 3 is 2.57 bits per heavy atom. The van der Waals surface area contributed by atoms with Gasteiger partial charge in [0.05, 0.1) is 6.61 Å². The number of carbonyl (C=O) groups is 1. The first-order valence-electron chi connectivity index (χ1n) is 6.61. The van der Waals surface area contributed by atoms with E-state index in [0.717, 1.165) is 11.4 Å². The first-order valence-corrected chi connectivity index (χ1v) is 6.61. The van der Waals surface area contributed by atoms with Crippen LogP contribution in [0.2, 0.25) is 0 Å². The summed E-state index contributed by atoms with van der Waals surface area (Å²) in [6, 6.07) is 9.09. The molecule has 2 rings (SSSR count). The van der Waals surface area contributed by atoms with E-state index in [1.165, 1.54) is 0 Å². The van der Waals surface area contributed by atoms with Crippen molar-refractivity contribution in [1.29, 1.82) is 0 Å². The van der Waals surface area contributed by atoms with Crippen molar-refractivity contribution in [3.63, 3.8) is 0 Å². The van der Waals surface area contributed by atoms with Gasteiger partial charge in [-0.25, -0.2) is 14.8 Å². The van der Waals surface area contributed by atoms with E-state index in [2.05, 4.69) is 15.3 Å². The summed E-state index contributed by atoms with van der Waals surface area (Å²) in [4.78, 5) is 19.8. The molecular weight excluding hydrogens is 270 g/mol. The predicted octanol–water partition coefficient (Wildman–Crippen LogP) is 3.45. The second kappa shape index (κ2) is 6.69. The second-order valence-electron chi connectivity index (χ2n) is 4.41. The van der Waals surface area contributed by atoms with Crippen LogP contribution in [0.25, 0.3) is 0 Å². The molecule has 0 bridgehead atoms. The molecule has 0 atom stereocenters. The number of aryl methyl sites for hydroxylation is 2. The lowest BCUT2D eigenvalue weighted by atomic mass is 10.3. The molecule has 0 saturated heterocycles. The maximum absolute atomic E-state index is 11.4. The average Bonchev–Trinajstić information content (AvgIpc) is 2.37. The fourth-order valence-electron chi connectivity index (χ4n) is 1.77. The predicted molar refractivity (Wildman–Crippen MR) is 78.7 cm³/mol. The van der Waals surface area contributed by atoms with Crippen molar-refractivity contribution in [2.24, 2.45) is 0 Å². The van der Waals surface area contributed by atoms with Gasteiger partial charge in [-0.2, -0.15) is 0 Å². The Balaban J connectivity index is 2.12. The summed E-state index contributed by atoms with van der Waals surface area (Å²) >= 11 is 0. The van der Waals surface area contributed by atoms with E-state index in [9.17, 15) is 4.79 Å². The van der Waals surface area contributed by atoms with Crippen molar-refractivity contribution in [2.75, 3.05) is 11.9 Å². The first kappa shape index (κ1) is 14.8. The fraction of sp³-hybridized carbons (Fsp3) is 0.267. The zero-order valence-electron chi connectivity index (χ0n) is 12.2. The molecule has 1 amide bonds. The van der Waals surface area contributed by atoms with Crippen molar-refractivity contribution in [2.45, 2.75) is 20.8 Å². The van der Waals surface area contributed by atoms with Gasteiger partial charge in [0.1, 0.15) is 5.75 Å². The molecule has 1 N–H and O–H groups in total. The normalized spacial score (nSPS) is 10.0. The summed E-state index contributed by atoms with van der Waals surface area (Å²) in [5, 5.41) is 2.61. The smallest absolute Gasteiger partial charge is 0.411 e. The summed E-state index contributed by atoms with van der Waals surface area (Å²) in [5.74, 6) is 0.536. The van der Waals surface area contributed by atoms with E-state index in [4.69, 9.17) is 9.47 Å². The second-order valence-corrected chi connectivity index (χ2v) is 4.41. The summed E-state index contributed by atoms with van der Waals surface area (Å²) < 4.78 is 10.4. The van der Waals surface area contributed by atoms with E-state index in [1.807, 2.05) is 19.9 Å². The molecule has 0 aliphatic heterocycles. The number of amides is 1. The third-order valence-electron chi connectivity index (χ3n) is 2.53. The number of hydrogen-bond acceptors (Lipinski definition) is 5. The van der Waals surface area contributed by atoms with Crippen molar-refractivity contribution < 1.29 is 14.3 Å². The molecule has 0 radical (unpaired) electrons. The van der Waals surface area contributed by atoms with Gasteiger partial charge < -0.3 is 9.47 Å². The van der Waals surface area contributed by atoms with Crippen LogP contribution in [0.3, 0.4) is 0 Å². The number of ether oxygens (including phenoxy) is 2. The van der Waals surface area contributed by atoms with Gasteiger partial charge in [0, 0.05) is 23.1 Å². The lowest BCUT2D eigenvalue weighted by molar-refractivity contribution is 0.168. The Morgan fingerprint density at radius 2 is 1.90 bits per heavy atom. The number of rotatable bonds is 4. The molecule has 1 aromatic carbocycles. The third-order valence-corrected chi connectivity index (χ3v) is 2.53. The standard InChI is InChI=1S/C15H17N3O3/c1-4-20-15(19)18-12-6-5-7-13(9-12)21-14-16-10(2)8-11(3)17-14/h5-9H,4H2,1-3H3,(H,18,19). The number of carbonyl (C=O) groups excluding carboxylic acids is 1. The molecule has 0 aliphatic carbocycles. The molecule has 6 heteroatoms. The Labute approximate surface area is 123 Å². The van der Waals surface area contributed by atoms with Crippen LogP contribution < -0.4 is 10.1 Å². The van der Waals surface area contributed by atoms with Gasteiger partial charge in [-0.1, -0.05) is 6.07 Å².